The van der Waals surface area contributed by atoms with Crippen LogP contribution in [-0.4, -0.2) is 19.9 Å². The van der Waals surface area contributed by atoms with Crippen molar-refractivity contribution in [3.05, 3.63) is 182 Å². The molecule has 0 fully saturated rings. The molecule has 0 atom stereocenters. The van der Waals surface area contributed by atoms with Crippen LogP contribution < -0.4 is 0 Å². The van der Waals surface area contributed by atoms with E-state index in [9.17, 15) is 0 Å². The maximum absolute atomic E-state index is 5.30. The van der Waals surface area contributed by atoms with Gasteiger partial charge >= 0.3 is 0 Å². The van der Waals surface area contributed by atoms with E-state index < -0.39 is 0 Å². The molecule has 8 aromatic carbocycles. The Bertz CT molecular complexity index is 2720. The zero-order chi connectivity index (χ0) is 34.4. The van der Waals surface area contributed by atoms with Crippen molar-refractivity contribution < 1.29 is 0 Å². The summed E-state index contributed by atoms with van der Waals surface area (Å²) in [6.07, 6.45) is 0. The molecular formula is C48H30N4. The van der Waals surface area contributed by atoms with E-state index >= 15 is 0 Å². The molecule has 0 spiro atoms. The smallest absolute Gasteiger partial charge is 0.0973 e. The Hall–Kier alpha value is -7.04. The lowest BCUT2D eigenvalue weighted by Gasteiger charge is -2.13. The molecule has 0 bridgehead atoms. The summed E-state index contributed by atoms with van der Waals surface area (Å²) in [6, 6.07) is 63.1. The summed E-state index contributed by atoms with van der Waals surface area (Å²) >= 11 is 0. The van der Waals surface area contributed by atoms with Crippen molar-refractivity contribution in [2.24, 2.45) is 0 Å². The molecule has 0 aliphatic rings. The van der Waals surface area contributed by atoms with Crippen LogP contribution >= 0.6 is 0 Å². The fraction of sp³-hybridized carbons (Fsp3) is 0. The van der Waals surface area contributed by atoms with E-state index in [0.717, 1.165) is 99.8 Å². The first-order valence-corrected chi connectivity index (χ1v) is 17.5. The SMILES string of the molecule is c1ccc(-c2nc3ccc4ccccc4c3nc2-c2ccc(-c3ccc(-c4nc5c(ccc6ccccc65)nc4-c4ccccc4)cc3)cc2)cc1. The fourth-order valence-electron chi connectivity index (χ4n) is 7.22. The Labute approximate surface area is 300 Å². The number of rotatable bonds is 5. The number of hydrogen-bond acceptors (Lipinski definition) is 4. The van der Waals surface area contributed by atoms with Gasteiger partial charge in [-0.1, -0.05) is 170 Å². The van der Waals surface area contributed by atoms with Crippen LogP contribution in [0.5, 0.6) is 0 Å². The van der Waals surface area contributed by atoms with Crippen LogP contribution in [0, 0.1) is 0 Å². The van der Waals surface area contributed by atoms with Crippen molar-refractivity contribution in [1.82, 2.24) is 19.9 Å². The van der Waals surface area contributed by atoms with E-state index in [-0.39, 0.29) is 0 Å². The summed E-state index contributed by atoms with van der Waals surface area (Å²) in [4.78, 5) is 21.0. The van der Waals surface area contributed by atoms with Crippen molar-refractivity contribution in [2.75, 3.05) is 0 Å². The maximum atomic E-state index is 5.30. The molecule has 0 amide bonds. The predicted octanol–water partition coefficient (Wildman–Crippen LogP) is 12.2. The van der Waals surface area contributed by atoms with E-state index in [1.165, 1.54) is 0 Å². The van der Waals surface area contributed by atoms with Crippen LogP contribution in [0.15, 0.2) is 182 Å². The Balaban J connectivity index is 1.05. The molecule has 4 heteroatoms. The lowest BCUT2D eigenvalue weighted by Crippen LogP contribution is -1.96. The van der Waals surface area contributed by atoms with Gasteiger partial charge in [-0.05, 0) is 34.0 Å². The van der Waals surface area contributed by atoms with Gasteiger partial charge in [-0.2, -0.15) is 0 Å². The molecule has 52 heavy (non-hydrogen) atoms. The zero-order valence-corrected chi connectivity index (χ0v) is 28.1. The fourth-order valence-corrected chi connectivity index (χ4v) is 7.22. The van der Waals surface area contributed by atoms with Crippen LogP contribution in [0.25, 0.3) is 99.8 Å². The average Bonchev–Trinajstić information content (AvgIpc) is 3.23. The summed E-state index contributed by atoms with van der Waals surface area (Å²) in [5, 5.41) is 4.51. The highest BCUT2D eigenvalue weighted by molar-refractivity contribution is 6.06. The molecule has 0 radical (unpaired) electrons. The highest BCUT2D eigenvalue weighted by Gasteiger charge is 2.17. The molecule has 0 saturated heterocycles. The van der Waals surface area contributed by atoms with E-state index in [4.69, 9.17) is 19.9 Å². The molecule has 0 saturated carbocycles. The standard InChI is InChI=1S/C48H30N4/c1-3-13-35(14-4-1)43-45(51-47-39-17-9-7-11-33(39)27-29-41(47)49-43)37-23-19-31(20-24-37)32-21-25-38(26-22-32)46-44(36-15-5-2-6-16-36)50-42-30-28-34-12-8-10-18-40(34)48(42)52-46/h1-30H. The number of aromatic nitrogens is 4. The Morgan fingerprint density at radius 3 is 0.981 bits per heavy atom. The van der Waals surface area contributed by atoms with E-state index in [2.05, 4.69) is 146 Å². The first-order chi connectivity index (χ1) is 25.8. The third kappa shape index (κ3) is 5.17. The Morgan fingerprint density at radius 1 is 0.231 bits per heavy atom. The van der Waals surface area contributed by atoms with Crippen LogP contribution in [0.1, 0.15) is 0 Å². The maximum Gasteiger partial charge on any atom is 0.0973 e. The van der Waals surface area contributed by atoms with Crippen molar-refractivity contribution in [1.29, 1.82) is 0 Å². The Morgan fingerprint density at radius 2 is 0.558 bits per heavy atom. The highest BCUT2D eigenvalue weighted by atomic mass is 14.8. The summed E-state index contributed by atoms with van der Waals surface area (Å²) in [5.74, 6) is 0. The van der Waals surface area contributed by atoms with Gasteiger partial charge in [-0.25, -0.2) is 19.9 Å². The van der Waals surface area contributed by atoms with Gasteiger partial charge in [0.2, 0.25) is 0 Å². The number of benzene rings is 8. The number of hydrogen-bond donors (Lipinski definition) is 0. The number of fused-ring (bicyclic) bond motifs is 6. The second-order valence-electron chi connectivity index (χ2n) is 13.0. The van der Waals surface area contributed by atoms with Gasteiger partial charge in [0.1, 0.15) is 0 Å². The first kappa shape index (κ1) is 29.8. The van der Waals surface area contributed by atoms with Gasteiger partial charge in [-0.3, -0.25) is 0 Å². The lowest BCUT2D eigenvalue weighted by molar-refractivity contribution is 1.30. The lowest BCUT2D eigenvalue weighted by atomic mass is 9.97. The quantitative estimate of drug-likeness (QED) is 0.172. The topological polar surface area (TPSA) is 51.6 Å². The second kappa shape index (κ2) is 12.4. The molecule has 10 aromatic rings. The van der Waals surface area contributed by atoms with Crippen LogP contribution in [0.2, 0.25) is 0 Å². The molecule has 242 valence electrons. The van der Waals surface area contributed by atoms with Gasteiger partial charge < -0.3 is 0 Å². The van der Waals surface area contributed by atoms with Gasteiger partial charge in [0.25, 0.3) is 0 Å². The minimum atomic E-state index is 0.868. The minimum absolute atomic E-state index is 0.868. The molecular weight excluding hydrogens is 633 g/mol. The molecule has 2 heterocycles. The molecule has 0 unspecified atom stereocenters. The van der Waals surface area contributed by atoms with Crippen molar-refractivity contribution in [3.63, 3.8) is 0 Å². The minimum Gasteiger partial charge on any atom is -0.244 e. The van der Waals surface area contributed by atoms with Crippen molar-refractivity contribution >= 4 is 43.6 Å². The van der Waals surface area contributed by atoms with Crippen LogP contribution in [-0.2, 0) is 0 Å². The summed E-state index contributed by atoms with van der Waals surface area (Å²) in [5.41, 5.74) is 13.4. The normalized spacial score (nSPS) is 11.5. The highest BCUT2D eigenvalue weighted by Crippen LogP contribution is 2.37. The summed E-state index contributed by atoms with van der Waals surface area (Å²) in [6.45, 7) is 0. The molecule has 4 nitrogen and oxygen atoms in total. The molecule has 0 N–H and O–H groups in total. The summed E-state index contributed by atoms with van der Waals surface area (Å²) in [7, 11) is 0. The molecule has 0 aliphatic carbocycles. The van der Waals surface area contributed by atoms with Crippen LogP contribution in [0.4, 0.5) is 0 Å². The predicted molar refractivity (Wildman–Crippen MR) is 215 cm³/mol. The van der Waals surface area contributed by atoms with Crippen molar-refractivity contribution in [2.45, 2.75) is 0 Å². The molecule has 2 aromatic heterocycles. The van der Waals surface area contributed by atoms with Gasteiger partial charge in [0, 0.05) is 33.0 Å². The molecule has 10 rings (SSSR count). The van der Waals surface area contributed by atoms with Crippen molar-refractivity contribution in [3.8, 4) is 56.2 Å². The zero-order valence-electron chi connectivity index (χ0n) is 28.1. The van der Waals surface area contributed by atoms with Gasteiger partial charge in [-0.15, -0.1) is 0 Å². The van der Waals surface area contributed by atoms with E-state index in [1.807, 2.05) is 36.4 Å². The third-order valence-electron chi connectivity index (χ3n) is 9.86. The third-order valence-corrected chi connectivity index (χ3v) is 9.86. The first-order valence-electron chi connectivity index (χ1n) is 17.5. The van der Waals surface area contributed by atoms with Gasteiger partial charge in [0.05, 0.1) is 44.8 Å². The monoisotopic (exact) mass is 662 g/mol. The Kier molecular flexibility index (Phi) is 7.10. The van der Waals surface area contributed by atoms with E-state index in [0.29, 0.717) is 0 Å². The van der Waals surface area contributed by atoms with Gasteiger partial charge in [0.15, 0.2) is 0 Å². The average molecular weight is 663 g/mol. The van der Waals surface area contributed by atoms with E-state index in [1.54, 1.807) is 0 Å². The second-order valence-corrected chi connectivity index (χ2v) is 13.0. The van der Waals surface area contributed by atoms with Crippen LogP contribution in [0.3, 0.4) is 0 Å². The largest absolute Gasteiger partial charge is 0.244 e. The molecule has 0 aliphatic heterocycles. The number of nitrogens with zero attached hydrogens (tertiary/aromatic N) is 4. The summed E-state index contributed by atoms with van der Waals surface area (Å²) < 4.78 is 0.